The predicted octanol–water partition coefficient (Wildman–Crippen LogP) is 3.10. The van der Waals surface area contributed by atoms with Gasteiger partial charge in [-0.25, -0.2) is 23.5 Å². The van der Waals surface area contributed by atoms with E-state index in [2.05, 4.69) is 9.97 Å². The fraction of sp³-hybridized carbons (Fsp3) is 0.211. The number of nitrogens with zero attached hydrogens (tertiary/aromatic N) is 2. The fourth-order valence-electron chi connectivity index (χ4n) is 3.09. The van der Waals surface area contributed by atoms with Gasteiger partial charge in [0.2, 0.25) is 0 Å². The number of aromatic amines is 1. The van der Waals surface area contributed by atoms with Crippen LogP contribution in [0, 0.1) is 0 Å². The number of para-hydroxylation sites is 1. The molecule has 3 aromatic rings. The molecule has 0 bridgehead atoms. The zero-order valence-corrected chi connectivity index (χ0v) is 14.1. The zero-order valence-electron chi connectivity index (χ0n) is 14.1. The molecule has 3 heterocycles. The molecular weight excluding hydrogens is 356 g/mol. The first-order valence-corrected chi connectivity index (χ1v) is 8.33. The third-order valence-electron chi connectivity index (χ3n) is 4.48. The number of aromatic nitrogens is 2. The van der Waals surface area contributed by atoms with Crippen LogP contribution in [-0.4, -0.2) is 35.1 Å². The van der Waals surface area contributed by atoms with Crippen LogP contribution in [0.25, 0.3) is 10.9 Å². The number of hydrogen-bond acceptors (Lipinski definition) is 4. The van der Waals surface area contributed by atoms with Crippen LogP contribution in [0.3, 0.4) is 0 Å². The molecule has 1 saturated heterocycles. The van der Waals surface area contributed by atoms with Crippen molar-refractivity contribution in [2.24, 2.45) is 0 Å². The van der Waals surface area contributed by atoms with Crippen LogP contribution < -0.4 is 10.5 Å². The highest BCUT2D eigenvalue weighted by atomic mass is 19.3. The van der Waals surface area contributed by atoms with Crippen molar-refractivity contribution in [1.29, 1.82) is 0 Å². The van der Waals surface area contributed by atoms with Crippen molar-refractivity contribution in [3.63, 3.8) is 0 Å². The van der Waals surface area contributed by atoms with Gasteiger partial charge in [-0.1, -0.05) is 24.3 Å². The molecular formula is C19H15F2N3O3. The minimum absolute atomic E-state index is 0.0963. The average Bonchev–Trinajstić information content (AvgIpc) is 3.05. The van der Waals surface area contributed by atoms with Gasteiger partial charge in [0.05, 0.1) is 0 Å². The van der Waals surface area contributed by atoms with Gasteiger partial charge in [0.25, 0.3) is 12.0 Å². The highest BCUT2D eigenvalue weighted by Crippen LogP contribution is 2.25. The van der Waals surface area contributed by atoms with Gasteiger partial charge >= 0.3 is 6.09 Å². The van der Waals surface area contributed by atoms with Crippen LogP contribution in [0.1, 0.15) is 11.1 Å². The van der Waals surface area contributed by atoms with Gasteiger partial charge in [0.1, 0.15) is 18.5 Å². The molecule has 138 valence electrons. The first-order chi connectivity index (χ1) is 13.0. The van der Waals surface area contributed by atoms with Gasteiger partial charge in [-0.2, -0.15) is 0 Å². The first kappa shape index (κ1) is 17.1. The Kier molecular flexibility index (Phi) is 4.31. The van der Waals surface area contributed by atoms with Gasteiger partial charge in [0.15, 0.2) is 0 Å². The number of hydrogen-bond donors (Lipinski definition) is 1. The second-order valence-electron chi connectivity index (χ2n) is 6.26. The van der Waals surface area contributed by atoms with Gasteiger partial charge < -0.3 is 9.72 Å². The lowest BCUT2D eigenvalue weighted by Gasteiger charge is -2.19. The van der Waals surface area contributed by atoms with Crippen molar-refractivity contribution in [1.82, 2.24) is 9.97 Å². The van der Waals surface area contributed by atoms with Crippen LogP contribution in [0.5, 0.6) is 0 Å². The number of nitrogens with one attached hydrogen (secondary N) is 1. The second-order valence-corrected chi connectivity index (χ2v) is 6.26. The molecule has 0 radical (unpaired) electrons. The molecule has 1 aromatic carbocycles. The second kappa shape index (κ2) is 6.79. The summed E-state index contributed by atoms with van der Waals surface area (Å²) in [5.41, 5.74) is 1.85. The lowest BCUT2D eigenvalue weighted by atomic mass is 10.1. The number of cyclic esters (lactones) is 1. The summed E-state index contributed by atoms with van der Waals surface area (Å²) in [7, 11) is 0. The molecule has 0 spiro atoms. The highest BCUT2D eigenvalue weighted by Gasteiger charge is 2.40. The van der Waals surface area contributed by atoms with Crippen LogP contribution >= 0.6 is 0 Å². The Labute approximate surface area is 152 Å². The molecule has 1 atom stereocenters. The van der Waals surface area contributed by atoms with Crippen molar-refractivity contribution >= 4 is 22.8 Å². The highest BCUT2D eigenvalue weighted by molar-refractivity contribution is 5.89. The lowest BCUT2D eigenvalue weighted by Crippen LogP contribution is -2.39. The third-order valence-corrected chi connectivity index (χ3v) is 4.48. The molecule has 1 aliphatic rings. The monoisotopic (exact) mass is 371 g/mol. The summed E-state index contributed by atoms with van der Waals surface area (Å²) >= 11 is 0. The number of anilines is 1. The summed E-state index contributed by atoms with van der Waals surface area (Å²) in [6.45, 7) is -0.369. The number of ether oxygens (including phenoxy) is 1. The number of carbonyl (C=O) groups excluding carboxylic acids is 1. The maximum atomic E-state index is 13.0. The third kappa shape index (κ3) is 3.25. The Balaban J connectivity index is 1.59. The van der Waals surface area contributed by atoms with Gasteiger partial charge in [-0.05, 0) is 29.1 Å². The Morgan fingerprint density at radius 3 is 2.78 bits per heavy atom. The molecule has 1 N–H and O–H groups in total. The maximum absolute atomic E-state index is 13.0. The first-order valence-electron chi connectivity index (χ1n) is 8.33. The normalized spacial score (nSPS) is 16.9. The minimum Gasteiger partial charge on any atom is -0.447 e. The van der Waals surface area contributed by atoms with E-state index in [-0.39, 0.29) is 18.0 Å². The summed E-state index contributed by atoms with van der Waals surface area (Å²) in [5, 5.41) is 0.913. The van der Waals surface area contributed by atoms with E-state index in [0.29, 0.717) is 12.0 Å². The Bertz CT molecular complexity index is 1050. The summed E-state index contributed by atoms with van der Waals surface area (Å²) in [6.07, 6.45) is -1.77. The van der Waals surface area contributed by atoms with Gasteiger partial charge in [0, 0.05) is 23.7 Å². The van der Waals surface area contributed by atoms with Crippen molar-refractivity contribution in [3.8, 4) is 0 Å². The molecule has 0 saturated carbocycles. The van der Waals surface area contributed by atoms with E-state index in [1.807, 2.05) is 30.3 Å². The van der Waals surface area contributed by atoms with Gasteiger partial charge in [-0.3, -0.25) is 4.79 Å². The van der Waals surface area contributed by atoms with E-state index in [4.69, 9.17) is 4.74 Å². The largest absolute Gasteiger partial charge is 0.447 e. The number of alkyl halides is 2. The van der Waals surface area contributed by atoms with Crippen molar-refractivity contribution in [2.75, 3.05) is 11.5 Å². The Morgan fingerprint density at radius 1 is 1.22 bits per heavy atom. The standard InChI is InChI=1S/C19H15F2N3O3/c20-17(21)15-10-27-19(26)24(15)16-6-5-11(9-22-16)7-13-8-12-3-1-2-4-14(12)23-18(13)25/h1-6,8-9,15,17H,7,10H2,(H,23,25)/t15-/m0/s1. The molecule has 1 aliphatic heterocycles. The van der Waals surface area contributed by atoms with Crippen LogP contribution in [-0.2, 0) is 11.2 Å². The maximum Gasteiger partial charge on any atom is 0.416 e. The number of benzene rings is 1. The van der Waals surface area contributed by atoms with Crippen molar-refractivity contribution < 1.29 is 18.3 Å². The van der Waals surface area contributed by atoms with E-state index in [1.54, 1.807) is 6.07 Å². The molecule has 6 nitrogen and oxygen atoms in total. The average molecular weight is 371 g/mol. The molecule has 1 amide bonds. The minimum atomic E-state index is -2.73. The number of fused-ring (bicyclic) bond motifs is 1. The molecule has 2 aromatic heterocycles. The fourth-order valence-corrected chi connectivity index (χ4v) is 3.09. The summed E-state index contributed by atoms with van der Waals surface area (Å²) in [4.78, 5) is 31.8. The van der Waals surface area contributed by atoms with Crippen molar-refractivity contribution in [2.45, 2.75) is 18.9 Å². The van der Waals surface area contributed by atoms with Crippen LogP contribution in [0.2, 0.25) is 0 Å². The Hall–Kier alpha value is -3.29. The smallest absolute Gasteiger partial charge is 0.416 e. The van der Waals surface area contributed by atoms with Crippen LogP contribution in [0.4, 0.5) is 19.4 Å². The molecule has 0 aliphatic carbocycles. The van der Waals surface area contributed by atoms with Gasteiger partial charge in [-0.15, -0.1) is 0 Å². The number of pyridine rings is 2. The van der Waals surface area contributed by atoms with Crippen LogP contribution in [0.15, 0.2) is 53.5 Å². The topological polar surface area (TPSA) is 75.3 Å². The quantitative estimate of drug-likeness (QED) is 0.765. The van der Waals surface area contributed by atoms with E-state index in [9.17, 15) is 18.4 Å². The number of halogens is 2. The number of rotatable bonds is 4. The Morgan fingerprint density at radius 2 is 2.04 bits per heavy atom. The predicted molar refractivity (Wildman–Crippen MR) is 95.2 cm³/mol. The SMILES string of the molecule is O=C1OC[C@@H](C(F)F)N1c1ccc(Cc2cc3ccccc3[nH]c2=O)cn1. The number of amides is 1. The van der Waals surface area contributed by atoms with E-state index >= 15 is 0 Å². The van der Waals surface area contributed by atoms with E-state index in [1.165, 1.54) is 12.3 Å². The molecule has 8 heteroatoms. The zero-order chi connectivity index (χ0) is 19.0. The summed E-state index contributed by atoms with van der Waals surface area (Å²) < 4.78 is 30.8. The van der Waals surface area contributed by atoms with E-state index < -0.39 is 18.6 Å². The van der Waals surface area contributed by atoms with E-state index in [0.717, 1.165) is 21.4 Å². The molecule has 4 rings (SSSR count). The summed E-state index contributed by atoms with van der Waals surface area (Å²) in [5.74, 6) is 0.0963. The summed E-state index contributed by atoms with van der Waals surface area (Å²) in [6, 6.07) is 11.1. The molecule has 1 fully saturated rings. The molecule has 0 unspecified atom stereocenters. The molecule has 27 heavy (non-hydrogen) atoms. The number of H-pyrrole nitrogens is 1. The lowest BCUT2D eigenvalue weighted by molar-refractivity contribution is 0.104. The van der Waals surface area contributed by atoms with Crippen molar-refractivity contribution in [3.05, 3.63) is 70.1 Å². The number of carbonyl (C=O) groups is 1.